The van der Waals surface area contributed by atoms with E-state index in [0.717, 1.165) is 24.2 Å². The lowest BCUT2D eigenvalue weighted by Gasteiger charge is -2.23. The van der Waals surface area contributed by atoms with Crippen molar-refractivity contribution >= 4 is 33.2 Å². The summed E-state index contributed by atoms with van der Waals surface area (Å²) in [6, 6.07) is 2.91. The van der Waals surface area contributed by atoms with Crippen LogP contribution in [0.25, 0.3) is 0 Å². The first-order valence-corrected chi connectivity index (χ1v) is 10.7. The highest BCUT2D eigenvalue weighted by molar-refractivity contribution is 7.91. The Labute approximate surface area is 151 Å². The highest BCUT2D eigenvalue weighted by atomic mass is 32.2. The predicted octanol–water partition coefficient (Wildman–Crippen LogP) is 1.40. The molecule has 1 aromatic rings. The lowest BCUT2D eigenvalue weighted by molar-refractivity contribution is -0.143. The summed E-state index contributed by atoms with van der Waals surface area (Å²) >= 11 is 1.13. The van der Waals surface area contributed by atoms with Crippen LogP contribution < -0.4 is 0 Å². The molecule has 2 aliphatic rings. The number of hydrogen-bond acceptors (Lipinski definition) is 5. The Morgan fingerprint density at radius 3 is 2.52 bits per heavy atom. The molecular formula is C16H22N2O5S2. The first kappa shape index (κ1) is 18.3. The van der Waals surface area contributed by atoms with Gasteiger partial charge in [0.2, 0.25) is 5.91 Å². The average molecular weight is 386 g/mol. The summed E-state index contributed by atoms with van der Waals surface area (Å²) in [7, 11) is -3.45. The second-order valence-electron chi connectivity index (χ2n) is 6.57. The molecule has 1 N–H and O–H groups in total. The Balaban J connectivity index is 1.67. The van der Waals surface area contributed by atoms with Gasteiger partial charge in [-0.05, 0) is 38.3 Å². The number of carboxylic acids is 1. The number of carboxylic acid groups (broad SMARTS) is 1. The molecule has 0 bridgehead atoms. The minimum Gasteiger partial charge on any atom is -0.481 e. The summed E-state index contributed by atoms with van der Waals surface area (Å²) in [6.45, 7) is 3.29. The van der Waals surface area contributed by atoms with Gasteiger partial charge in [-0.15, -0.1) is 11.3 Å². The van der Waals surface area contributed by atoms with Gasteiger partial charge in [-0.1, -0.05) is 0 Å². The molecule has 3 heterocycles. The van der Waals surface area contributed by atoms with Crippen LogP contribution in [0, 0.1) is 5.92 Å². The van der Waals surface area contributed by atoms with Crippen LogP contribution in [-0.2, 0) is 26.0 Å². The van der Waals surface area contributed by atoms with Crippen molar-refractivity contribution < 1.29 is 23.1 Å². The first-order chi connectivity index (χ1) is 11.8. The molecule has 9 heteroatoms. The summed E-state index contributed by atoms with van der Waals surface area (Å²) in [5, 5.41) is 9.16. The zero-order valence-corrected chi connectivity index (χ0v) is 15.7. The van der Waals surface area contributed by atoms with Crippen molar-refractivity contribution in [1.29, 1.82) is 0 Å². The maximum absolute atomic E-state index is 12.5. The standard InChI is InChI=1S/C16H22N2O5S2/c1-11-13(16(20)21)6-9-18(11)14(19)10-12-4-5-15(24-12)25(22,23)17-7-2-3-8-17/h4-5,11,13H,2-3,6-10H2,1H3,(H,20,21). The number of sulfonamides is 1. The Kier molecular flexibility index (Phi) is 5.17. The Morgan fingerprint density at radius 2 is 1.92 bits per heavy atom. The fourth-order valence-corrected chi connectivity index (χ4v) is 6.54. The van der Waals surface area contributed by atoms with E-state index >= 15 is 0 Å². The molecule has 25 heavy (non-hydrogen) atoms. The van der Waals surface area contributed by atoms with E-state index in [1.54, 1.807) is 24.0 Å². The minimum atomic E-state index is -3.45. The number of thiophene rings is 1. The van der Waals surface area contributed by atoms with E-state index in [1.807, 2.05) is 0 Å². The molecule has 2 saturated heterocycles. The molecule has 1 amide bonds. The highest BCUT2D eigenvalue weighted by Gasteiger charge is 2.38. The Bertz CT molecular complexity index is 767. The number of carbonyl (C=O) groups is 2. The summed E-state index contributed by atoms with van der Waals surface area (Å²) in [4.78, 5) is 25.9. The number of likely N-dealkylation sites (tertiary alicyclic amines) is 1. The van der Waals surface area contributed by atoms with Crippen molar-refractivity contribution in [3.8, 4) is 0 Å². The summed E-state index contributed by atoms with van der Waals surface area (Å²) in [6.07, 6.45) is 2.33. The zero-order chi connectivity index (χ0) is 18.2. The molecule has 0 aliphatic carbocycles. The fourth-order valence-electron chi connectivity index (χ4n) is 3.52. The number of hydrogen-bond donors (Lipinski definition) is 1. The summed E-state index contributed by atoms with van der Waals surface area (Å²) in [5.41, 5.74) is 0. The normalized spacial score (nSPS) is 24.8. The van der Waals surface area contributed by atoms with Gasteiger partial charge in [0.25, 0.3) is 10.0 Å². The van der Waals surface area contributed by atoms with Crippen molar-refractivity contribution in [2.24, 2.45) is 5.92 Å². The van der Waals surface area contributed by atoms with Gasteiger partial charge in [0.05, 0.1) is 12.3 Å². The van der Waals surface area contributed by atoms with Crippen LogP contribution >= 0.6 is 11.3 Å². The third-order valence-electron chi connectivity index (χ3n) is 5.01. The van der Waals surface area contributed by atoms with E-state index in [-0.39, 0.29) is 22.6 Å². The average Bonchev–Trinajstić information content (AvgIpc) is 3.27. The third kappa shape index (κ3) is 3.58. The minimum absolute atomic E-state index is 0.108. The van der Waals surface area contributed by atoms with Gasteiger partial charge in [0, 0.05) is 30.6 Å². The molecule has 7 nitrogen and oxygen atoms in total. The molecular weight excluding hydrogens is 364 g/mol. The van der Waals surface area contributed by atoms with Gasteiger partial charge in [-0.3, -0.25) is 9.59 Å². The van der Waals surface area contributed by atoms with Crippen LogP contribution in [0.3, 0.4) is 0 Å². The van der Waals surface area contributed by atoms with Crippen LogP contribution in [0.15, 0.2) is 16.3 Å². The molecule has 0 radical (unpaired) electrons. The molecule has 0 spiro atoms. The van der Waals surface area contributed by atoms with Gasteiger partial charge >= 0.3 is 5.97 Å². The topological polar surface area (TPSA) is 95.0 Å². The van der Waals surface area contributed by atoms with E-state index < -0.39 is 21.9 Å². The number of carbonyl (C=O) groups excluding carboxylic acids is 1. The van der Waals surface area contributed by atoms with E-state index in [1.165, 1.54) is 4.31 Å². The molecule has 2 aliphatic heterocycles. The van der Waals surface area contributed by atoms with Crippen molar-refractivity contribution in [3.05, 3.63) is 17.0 Å². The van der Waals surface area contributed by atoms with Crippen LogP contribution in [0.1, 0.15) is 31.1 Å². The number of aliphatic carboxylic acids is 1. The van der Waals surface area contributed by atoms with Crippen molar-refractivity contribution in [2.45, 2.75) is 42.9 Å². The number of rotatable bonds is 5. The lowest BCUT2D eigenvalue weighted by atomic mass is 10.0. The number of amides is 1. The molecule has 2 fully saturated rings. The second kappa shape index (κ2) is 7.05. The first-order valence-electron chi connectivity index (χ1n) is 8.42. The van der Waals surface area contributed by atoms with E-state index in [2.05, 4.69) is 0 Å². The summed E-state index contributed by atoms with van der Waals surface area (Å²) < 4.78 is 26.8. The summed E-state index contributed by atoms with van der Waals surface area (Å²) in [5.74, 6) is -1.56. The van der Waals surface area contributed by atoms with E-state index in [9.17, 15) is 18.0 Å². The van der Waals surface area contributed by atoms with Gasteiger partial charge < -0.3 is 10.0 Å². The van der Waals surface area contributed by atoms with Crippen molar-refractivity contribution in [1.82, 2.24) is 9.21 Å². The quantitative estimate of drug-likeness (QED) is 0.825. The van der Waals surface area contributed by atoms with Gasteiger partial charge in [0.15, 0.2) is 0 Å². The lowest BCUT2D eigenvalue weighted by Crippen LogP contribution is -2.38. The Hall–Kier alpha value is -1.45. The molecule has 0 aromatic carbocycles. The number of nitrogens with zero attached hydrogens (tertiary/aromatic N) is 2. The van der Waals surface area contributed by atoms with Crippen LogP contribution in [0.2, 0.25) is 0 Å². The van der Waals surface area contributed by atoms with Gasteiger partial charge in [0.1, 0.15) is 4.21 Å². The van der Waals surface area contributed by atoms with Crippen molar-refractivity contribution in [3.63, 3.8) is 0 Å². The van der Waals surface area contributed by atoms with Gasteiger partial charge in [-0.2, -0.15) is 4.31 Å². The largest absolute Gasteiger partial charge is 0.481 e. The molecule has 0 saturated carbocycles. The predicted molar refractivity (Wildman–Crippen MR) is 92.9 cm³/mol. The maximum Gasteiger partial charge on any atom is 0.308 e. The Morgan fingerprint density at radius 1 is 1.24 bits per heavy atom. The second-order valence-corrected chi connectivity index (χ2v) is 9.90. The third-order valence-corrected chi connectivity index (χ3v) is 8.47. The van der Waals surface area contributed by atoms with Crippen LogP contribution in [0.5, 0.6) is 0 Å². The van der Waals surface area contributed by atoms with E-state index in [0.29, 0.717) is 30.9 Å². The van der Waals surface area contributed by atoms with Crippen LogP contribution in [-0.4, -0.2) is 60.3 Å². The SMILES string of the molecule is CC1C(C(=O)O)CCN1C(=O)Cc1ccc(S(=O)(=O)N2CCCC2)s1. The maximum atomic E-state index is 12.5. The molecule has 2 atom stereocenters. The van der Waals surface area contributed by atoms with E-state index in [4.69, 9.17) is 5.11 Å². The molecule has 2 unspecified atom stereocenters. The van der Waals surface area contributed by atoms with Crippen LogP contribution in [0.4, 0.5) is 0 Å². The zero-order valence-electron chi connectivity index (χ0n) is 14.1. The van der Waals surface area contributed by atoms with Crippen molar-refractivity contribution in [2.75, 3.05) is 19.6 Å². The molecule has 138 valence electrons. The molecule has 3 rings (SSSR count). The smallest absolute Gasteiger partial charge is 0.308 e. The monoisotopic (exact) mass is 386 g/mol. The fraction of sp³-hybridized carbons (Fsp3) is 0.625. The highest BCUT2D eigenvalue weighted by Crippen LogP contribution is 2.29. The van der Waals surface area contributed by atoms with Gasteiger partial charge in [-0.25, -0.2) is 8.42 Å². The molecule has 1 aromatic heterocycles.